The van der Waals surface area contributed by atoms with E-state index in [4.69, 9.17) is 4.74 Å². The fourth-order valence-electron chi connectivity index (χ4n) is 1.80. The Hall–Kier alpha value is -0.610. The molecular weight excluding hydrogens is 204 g/mol. The predicted octanol–water partition coefficient (Wildman–Crippen LogP) is 0.869. The Balaban J connectivity index is 2.27. The van der Waals surface area contributed by atoms with Crippen LogP contribution in [0.5, 0.6) is 0 Å². The molecule has 16 heavy (non-hydrogen) atoms. The first kappa shape index (κ1) is 13.5. The molecule has 1 fully saturated rings. The first-order valence-electron chi connectivity index (χ1n) is 6.19. The lowest BCUT2D eigenvalue weighted by Crippen LogP contribution is -2.42. The highest BCUT2D eigenvalue weighted by Gasteiger charge is 2.20. The Kier molecular flexibility index (Phi) is 5.77. The van der Waals surface area contributed by atoms with Crippen LogP contribution >= 0.6 is 0 Å². The van der Waals surface area contributed by atoms with Crippen molar-refractivity contribution in [1.82, 2.24) is 10.2 Å². The number of morpholine rings is 1. The Morgan fingerprint density at radius 3 is 2.94 bits per heavy atom. The molecule has 0 aromatic heterocycles. The van der Waals surface area contributed by atoms with Crippen molar-refractivity contribution < 1.29 is 9.53 Å². The molecule has 2 unspecified atom stereocenters. The molecule has 1 aliphatic rings. The second kappa shape index (κ2) is 6.86. The van der Waals surface area contributed by atoms with Gasteiger partial charge in [0.2, 0.25) is 5.91 Å². The van der Waals surface area contributed by atoms with Crippen molar-refractivity contribution in [3.8, 4) is 0 Å². The van der Waals surface area contributed by atoms with Crippen LogP contribution in [0.4, 0.5) is 0 Å². The van der Waals surface area contributed by atoms with Gasteiger partial charge < -0.3 is 15.0 Å². The number of amides is 1. The van der Waals surface area contributed by atoms with Crippen LogP contribution < -0.4 is 5.32 Å². The van der Waals surface area contributed by atoms with Gasteiger partial charge in [0.05, 0.1) is 19.1 Å². The summed E-state index contributed by atoms with van der Waals surface area (Å²) in [7, 11) is 1.88. The fraction of sp³-hybridized carbons (Fsp3) is 0.917. The SMILES string of the molecule is CCC(C)CN(C)C(=O)CC1CNCCO1. The number of nitrogens with one attached hydrogen (secondary N) is 1. The Morgan fingerprint density at radius 1 is 1.62 bits per heavy atom. The largest absolute Gasteiger partial charge is 0.375 e. The number of nitrogens with zero attached hydrogens (tertiary/aromatic N) is 1. The highest BCUT2D eigenvalue weighted by Crippen LogP contribution is 2.07. The van der Waals surface area contributed by atoms with E-state index in [9.17, 15) is 4.79 Å². The summed E-state index contributed by atoms with van der Waals surface area (Å²) in [6, 6.07) is 0. The average molecular weight is 228 g/mol. The minimum atomic E-state index is 0.0561. The Morgan fingerprint density at radius 2 is 2.38 bits per heavy atom. The number of ether oxygens (including phenoxy) is 1. The number of hydrogen-bond donors (Lipinski definition) is 1. The Labute approximate surface area is 98.3 Å². The van der Waals surface area contributed by atoms with E-state index < -0.39 is 0 Å². The lowest BCUT2D eigenvalue weighted by atomic mass is 10.1. The third-order valence-electron chi connectivity index (χ3n) is 3.11. The molecule has 94 valence electrons. The van der Waals surface area contributed by atoms with Gasteiger partial charge in [-0.2, -0.15) is 0 Å². The molecule has 0 aromatic rings. The third kappa shape index (κ3) is 4.49. The smallest absolute Gasteiger partial charge is 0.224 e. The van der Waals surface area contributed by atoms with Crippen LogP contribution in [-0.2, 0) is 9.53 Å². The second-order valence-electron chi connectivity index (χ2n) is 4.69. The summed E-state index contributed by atoms with van der Waals surface area (Å²) in [5.74, 6) is 0.758. The van der Waals surface area contributed by atoms with Gasteiger partial charge in [-0.1, -0.05) is 20.3 Å². The van der Waals surface area contributed by atoms with E-state index in [0.29, 0.717) is 18.9 Å². The van der Waals surface area contributed by atoms with Gasteiger partial charge in [-0.05, 0) is 5.92 Å². The summed E-state index contributed by atoms with van der Waals surface area (Å²) < 4.78 is 5.52. The second-order valence-corrected chi connectivity index (χ2v) is 4.69. The standard InChI is InChI=1S/C12H24N2O2/c1-4-10(2)9-14(3)12(15)7-11-8-13-5-6-16-11/h10-11,13H,4-9H2,1-3H3. The van der Waals surface area contributed by atoms with Gasteiger partial charge in [0.1, 0.15) is 0 Å². The minimum Gasteiger partial charge on any atom is -0.375 e. The number of carbonyl (C=O) groups is 1. The van der Waals surface area contributed by atoms with Crippen molar-refractivity contribution in [2.45, 2.75) is 32.8 Å². The van der Waals surface area contributed by atoms with E-state index >= 15 is 0 Å². The predicted molar refractivity (Wildman–Crippen MR) is 64.3 cm³/mol. The molecule has 0 bridgehead atoms. The molecule has 0 spiro atoms. The molecule has 0 aliphatic carbocycles. The van der Waals surface area contributed by atoms with Crippen LogP contribution in [0.1, 0.15) is 26.7 Å². The number of hydrogen-bond acceptors (Lipinski definition) is 3. The van der Waals surface area contributed by atoms with E-state index in [2.05, 4.69) is 19.2 Å². The monoisotopic (exact) mass is 228 g/mol. The number of rotatable bonds is 5. The lowest BCUT2D eigenvalue weighted by molar-refractivity contribution is -0.133. The van der Waals surface area contributed by atoms with Crippen molar-refractivity contribution in [2.24, 2.45) is 5.92 Å². The van der Waals surface area contributed by atoms with E-state index in [-0.39, 0.29) is 12.0 Å². The van der Waals surface area contributed by atoms with E-state index in [0.717, 1.165) is 26.1 Å². The first-order valence-corrected chi connectivity index (χ1v) is 6.19. The maximum atomic E-state index is 11.9. The van der Waals surface area contributed by atoms with Crippen LogP contribution in [0.25, 0.3) is 0 Å². The van der Waals surface area contributed by atoms with Crippen molar-refractivity contribution in [1.29, 1.82) is 0 Å². The summed E-state index contributed by atoms with van der Waals surface area (Å²) in [5.41, 5.74) is 0. The molecule has 0 aromatic carbocycles. The zero-order chi connectivity index (χ0) is 12.0. The zero-order valence-electron chi connectivity index (χ0n) is 10.7. The molecule has 0 radical (unpaired) electrons. The van der Waals surface area contributed by atoms with Gasteiger partial charge in [-0.3, -0.25) is 4.79 Å². The normalized spacial score (nSPS) is 22.8. The summed E-state index contributed by atoms with van der Waals surface area (Å²) in [4.78, 5) is 13.7. The molecule has 4 heteroatoms. The zero-order valence-corrected chi connectivity index (χ0v) is 10.7. The highest BCUT2D eigenvalue weighted by molar-refractivity contribution is 5.76. The van der Waals surface area contributed by atoms with Gasteiger partial charge in [-0.25, -0.2) is 0 Å². The Bertz CT molecular complexity index is 215. The van der Waals surface area contributed by atoms with E-state index in [1.54, 1.807) is 0 Å². The van der Waals surface area contributed by atoms with Gasteiger partial charge in [0.25, 0.3) is 0 Å². The average Bonchev–Trinajstić information content (AvgIpc) is 2.30. The van der Waals surface area contributed by atoms with Crippen molar-refractivity contribution >= 4 is 5.91 Å². The molecule has 1 N–H and O–H groups in total. The van der Waals surface area contributed by atoms with Gasteiger partial charge >= 0.3 is 0 Å². The maximum Gasteiger partial charge on any atom is 0.224 e. The van der Waals surface area contributed by atoms with Crippen molar-refractivity contribution in [3.63, 3.8) is 0 Å². The van der Waals surface area contributed by atoms with E-state index in [1.165, 1.54) is 0 Å². The van der Waals surface area contributed by atoms with Gasteiger partial charge in [-0.15, -0.1) is 0 Å². The van der Waals surface area contributed by atoms with Crippen LogP contribution in [0.15, 0.2) is 0 Å². The van der Waals surface area contributed by atoms with Crippen LogP contribution in [0, 0.1) is 5.92 Å². The van der Waals surface area contributed by atoms with Crippen molar-refractivity contribution in [2.75, 3.05) is 33.3 Å². The molecule has 1 amide bonds. The molecular formula is C12H24N2O2. The van der Waals surface area contributed by atoms with Crippen LogP contribution in [-0.4, -0.2) is 50.2 Å². The molecule has 2 atom stereocenters. The molecule has 1 aliphatic heterocycles. The summed E-state index contributed by atoms with van der Waals surface area (Å²) in [5, 5.41) is 3.24. The highest BCUT2D eigenvalue weighted by atomic mass is 16.5. The van der Waals surface area contributed by atoms with Crippen LogP contribution in [0.3, 0.4) is 0 Å². The molecule has 0 saturated carbocycles. The molecule has 4 nitrogen and oxygen atoms in total. The molecule has 1 saturated heterocycles. The minimum absolute atomic E-state index is 0.0561. The van der Waals surface area contributed by atoms with Crippen molar-refractivity contribution in [3.05, 3.63) is 0 Å². The lowest BCUT2D eigenvalue weighted by Gasteiger charge is -2.26. The quantitative estimate of drug-likeness (QED) is 0.759. The summed E-state index contributed by atoms with van der Waals surface area (Å²) in [6.45, 7) is 7.57. The van der Waals surface area contributed by atoms with Gasteiger partial charge in [0.15, 0.2) is 0 Å². The summed E-state index contributed by atoms with van der Waals surface area (Å²) >= 11 is 0. The summed E-state index contributed by atoms with van der Waals surface area (Å²) in [6.07, 6.45) is 1.67. The fourth-order valence-corrected chi connectivity index (χ4v) is 1.80. The van der Waals surface area contributed by atoms with Crippen LogP contribution in [0.2, 0.25) is 0 Å². The van der Waals surface area contributed by atoms with E-state index in [1.807, 2.05) is 11.9 Å². The molecule has 1 rings (SSSR count). The topological polar surface area (TPSA) is 41.6 Å². The first-order chi connectivity index (χ1) is 7.63. The molecule has 1 heterocycles. The maximum absolute atomic E-state index is 11.9. The number of carbonyl (C=O) groups excluding carboxylic acids is 1. The third-order valence-corrected chi connectivity index (χ3v) is 3.11. The van der Waals surface area contributed by atoms with Gasteiger partial charge in [0, 0.05) is 26.7 Å².